The van der Waals surface area contributed by atoms with Crippen LogP contribution in [0, 0.1) is 0 Å². The number of carbonyl (C=O) groups is 2. The third-order valence-corrected chi connectivity index (χ3v) is 3.42. The molecule has 1 fully saturated rings. The van der Waals surface area contributed by atoms with E-state index in [4.69, 9.17) is 5.73 Å². The number of fused-ring (bicyclic) bond motifs is 1. The molecule has 2 aliphatic rings. The van der Waals surface area contributed by atoms with Crippen LogP contribution in [0.2, 0.25) is 0 Å². The summed E-state index contributed by atoms with van der Waals surface area (Å²) in [5.74, 6) is -0.403. The summed E-state index contributed by atoms with van der Waals surface area (Å²) in [6.45, 7) is 0. The number of benzene rings is 1. The molecule has 3 rings (SSSR count). The molecule has 1 aromatic rings. The van der Waals surface area contributed by atoms with Crippen molar-refractivity contribution < 1.29 is 9.59 Å². The van der Waals surface area contributed by atoms with Crippen LogP contribution < -0.4 is 5.73 Å². The molecule has 0 aromatic heterocycles. The van der Waals surface area contributed by atoms with E-state index in [1.165, 1.54) is 4.90 Å². The lowest BCUT2D eigenvalue weighted by molar-refractivity contribution is 0.0506. The van der Waals surface area contributed by atoms with Crippen LogP contribution in [0.1, 0.15) is 40.0 Å². The fraction of sp³-hybridized carbons (Fsp3) is 0.333. The third kappa shape index (κ3) is 1.04. The maximum absolute atomic E-state index is 12.1. The van der Waals surface area contributed by atoms with E-state index in [1.54, 1.807) is 18.2 Å². The van der Waals surface area contributed by atoms with Crippen molar-refractivity contribution in [3.63, 3.8) is 0 Å². The van der Waals surface area contributed by atoms with E-state index < -0.39 is 0 Å². The molecule has 1 aliphatic carbocycles. The number of hydrogen-bond donors (Lipinski definition) is 1. The predicted octanol–water partition coefficient (Wildman–Crippen LogP) is 1.42. The van der Waals surface area contributed by atoms with Gasteiger partial charge in [0.05, 0.1) is 11.1 Å². The molecule has 1 aliphatic heterocycles. The molecule has 0 radical (unpaired) electrons. The molecular formula is C12H12N2O2. The summed E-state index contributed by atoms with van der Waals surface area (Å²) in [5.41, 5.74) is 6.99. The van der Waals surface area contributed by atoms with Gasteiger partial charge in [0.15, 0.2) is 0 Å². The maximum Gasteiger partial charge on any atom is 0.263 e. The summed E-state index contributed by atoms with van der Waals surface area (Å²) in [6, 6.07) is 5.13. The van der Waals surface area contributed by atoms with Crippen LogP contribution in [-0.2, 0) is 0 Å². The fourth-order valence-corrected chi connectivity index (χ4v) is 2.31. The van der Waals surface area contributed by atoms with E-state index in [0.29, 0.717) is 16.8 Å². The lowest BCUT2D eigenvalue weighted by atomic mass is 9.91. The fourth-order valence-electron chi connectivity index (χ4n) is 2.31. The van der Waals surface area contributed by atoms with Crippen molar-refractivity contribution in [2.24, 2.45) is 0 Å². The lowest BCUT2D eigenvalue weighted by Gasteiger charge is -2.32. The maximum atomic E-state index is 12.1. The van der Waals surface area contributed by atoms with Crippen LogP contribution in [-0.4, -0.2) is 22.8 Å². The van der Waals surface area contributed by atoms with E-state index in [2.05, 4.69) is 0 Å². The van der Waals surface area contributed by atoms with Gasteiger partial charge in [-0.05, 0) is 31.4 Å². The highest BCUT2D eigenvalue weighted by atomic mass is 16.2. The SMILES string of the molecule is Nc1cccc2c1C(=O)N(C1CCC1)C2=O. The quantitative estimate of drug-likeness (QED) is 0.570. The zero-order chi connectivity index (χ0) is 11.3. The number of imide groups is 1. The Balaban J connectivity index is 2.09. The lowest BCUT2D eigenvalue weighted by Crippen LogP contribution is -2.43. The van der Waals surface area contributed by atoms with Crippen LogP contribution in [0.25, 0.3) is 0 Å². The molecule has 16 heavy (non-hydrogen) atoms. The summed E-state index contributed by atoms with van der Waals surface area (Å²) in [4.78, 5) is 25.5. The molecule has 2 amide bonds. The number of amides is 2. The third-order valence-electron chi connectivity index (χ3n) is 3.42. The summed E-state index contributed by atoms with van der Waals surface area (Å²) >= 11 is 0. The van der Waals surface area contributed by atoms with Crippen molar-refractivity contribution in [2.45, 2.75) is 25.3 Å². The van der Waals surface area contributed by atoms with Crippen LogP contribution in [0.15, 0.2) is 18.2 Å². The van der Waals surface area contributed by atoms with Crippen LogP contribution >= 0.6 is 0 Å². The van der Waals surface area contributed by atoms with Gasteiger partial charge >= 0.3 is 0 Å². The van der Waals surface area contributed by atoms with Gasteiger partial charge in [0, 0.05) is 11.7 Å². The Morgan fingerprint density at radius 3 is 2.50 bits per heavy atom. The van der Waals surface area contributed by atoms with Gasteiger partial charge in [0.1, 0.15) is 0 Å². The highest BCUT2D eigenvalue weighted by molar-refractivity contribution is 6.23. The molecule has 4 heteroatoms. The zero-order valence-electron chi connectivity index (χ0n) is 8.77. The Hall–Kier alpha value is -1.84. The minimum Gasteiger partial charge on any atom is -0.398 e. The van der Waals surface area contributed by atoms with Gasteiger partial charge in [-0.1, -0.05) is 6.07 Å². The van der Waals surface area contributed by atoms with E-state index in [-0.39, 0.29) is 17.9 Å². The van der Waals surface area contributed by atoms with E-state index >= 15 is 0 Å². The van der Waals surface area contributed by atoms with Crippen molar-refractivity contribution in [3.8, 4) is 0 Å². The first-order valence-corrected chi connectivity index (χ1v) is 5.46. The number of anilines is 1. The zero-order valence-corrected chi connectivity index (χ0v) is 8.77. The van der Waals surface area contributed by atoms with Crippen LogP contribution in [0.4, 0.5) is 5.69 Å². The average molecular weight is 216 g/mol. The second-order valence-electron chi connectivity index (χ2n) is 4.33. The Morgan fingerprint density at radius 1 is 1.19 bits per heavy atom. The normalized spacial score (nSPS) is 19.9. The molecular weight excluding hydrogens is 204 g/mol. The largest absolute Gasteiger partial charge is 0.398 e. The molecule has 0 spiro atoms. The molecule has 1 saturated carbocycles. The van der Waals surface area contributed by atoms with Crippen molar-refractivity contribution in [1.82, 2.24) is 4.90 Å². The summed E-state index contributed by atoms with van der Waals surface area (Å²) in [5, 5.41) is 0. The minimum atomic E-state index is -0.220. The number of carbonyl (C=O) groups excluding carboxylic acids is 2. The van der Waals surface area contributed by atoms with Crippen molar-refractivity contribution in [3.05, 3.63) is 29.3 Å². The molecule has 1 heterocycles. The van der Waals surface area contributed by atoms with Crippen molar-refractivity contribution in [1.29, 1.82) is 0 Å². The Labute approximate surface area is 93.0 Å². The Bertz CT molecular complexity index is 492. The van der Waals surface area contributed by atoms with Gasteiger partial charge in [0.2, 0.25) is 0 Å². The minimum absolute atomic E-state index is 0.0896. The van der Waals surface area contributed by atoms with Gasteiger partial charge in [-0.2, -0.15) is 0 Å². The Kier molecular flexibility index (Phi) is 1.80. The second kappa shape index (κ2) is 3.07. The first-order valence-electron chi connectivity index (χ1n) is 5.46. The molecule has 0 atom stereocenters. The van der Waals surface area contributed by atoms with E-state index in [9.17, 15) is 9.59 Å². The molecule has 0 unspecified atom stereocenters. The Morgan fingerprint density at radius 2 is 1.94 bits per heavy atom. The second-order valence-corrected chi connectivity index (χ2v) is 4.33. The highest BCUT2D eigenvalue weighted by Gasteiger charge is 2.42. The molecule has 0 saturated heterocycles. The molecule has 2 N–H and O–H groups in total. The molecule has 1 aromatic carbocycles. The number of nitrogens with zero attached hydrogens (tertiary/aromatic N) is 1. The van der Waals surface area contributed by atoms with Crippen molar-refractivity contribution >= 4 is 17.5 Å². The molecule has 0 bridgehead atoms. The summed E-state index contributed by atoms with van der Waals surface area (Å²) < 4.78 is 0. The number of hydrogen-bond acceptors (Lipinski definition) is 3. The van der Waals surface area contributed by atoms with Gasteiger partial charge < -0.3 is 5.73 Å². The first kappa shape index (κ1) is 9.39. The monoisotopic (exact) mass is 216 g/mol. The predicted molar refractivity (Wildman–Crippen MR) is 59.0 cm³/mol. The number of nitrogens with two attached hydrogens (primary N) is 1. The van der Waals surface area contributed by atoms with Gasteiger partial charge in [-0.3, -0.25) is 14.5 Å². The van der Waals surface area contributed by atoms with Crippen LogP contribution in [0.3, 0.4) is 0 Å². The van der Waals surface area contributed by atoms with Gasteiger partial charge in [0.25, 0.3) is 11.8 Å². The van der Waals surface area contributed by atoms with E-state index in [0.717, 1.165) is 19.3 Å². The van der Waals surface area contributed by atoms with Crippen LogP contribution in [0.5, 0.6) is 0 Å². The molecule has 4 nitrogen and oxygen atoms in total. The number of nitrogen functional groups attached to an aromatic ring is 1. The van der Waals surface area contributed by atoms with Crippen molar-refractivity contribution in [2.75, 3.05) is 5.73 Å². The smallest absolute Gasteiger partial charge is 0.263 e. The standard InChI is InChI=1S/C12H12N2O2/c13-9-6-2-5-8-10(9)12(16)14(11(8)15)7-3-1-4-7/h2,5-7H,1,3-4,13H2. The average Bonchev–Trinajstić information content (AvgIpc) is 2.42. The topological polar surface area (TPSA) is 63.4 Å². The summed E-state index contributed by atoms with van der Waals surface area (Å²) in [6.07, 6.45) is 2.93. The first-order chi connectivity index (χ1) is 7.70. The summed E-state index contributed by atoms with van der Waals surface area (Å²) in [7, 11) is 0. The highest BCUT2D eigenvalue weighted by Crippen LogP contribution is 2.34. The molecule has 82 valence electrons. The number of rotatable bonds is 1. The van der Waals surface area contributed by atoms with E-state index in [1.807, 2.05) is 0 Å². The van der Waals surface area contributed by atoms with Gasteiger partial charge in [-0.25, -0.2) is 0 Å². The van der Waals surface area contributed by atoms with Gasteiger partial charge in [-0.15, -0.1) is 0 Å².